The fourth-order valence-corrected chi connectivity index (χ4v) is 3.93. The summed E-state index contributed by atoms with van der Waals surface area (Å²) in [5.41, 5.74) is 2.31. The van der Waals surface area contributed by atoms with Gasteiger partial charge in [-0.25, -0.2) is 4.98 Å². The molecule has 0 N–H and O–H groups in total. The zero-order valence-electron chi connectivity index (χ0n) is 20.2. The zero-order valence-corrected chi connectivity index (χ0v) is 20.2. The van der Waals surface area contributed by atoms with Crippen molar-refractivity contribution >= 4 is 16.8 Å². The standard InChI is InChI=1S/C27H35N3O2/c1-7-8-17-29(24(31)18-27(4,5)6)20(3)25-28-23-12-10-9-11-22(23)26(32)30(25)21-15-13-19(2)14-16-21/h9-16,20H,7-8,17-18H2,1-6H3. The number of rotatable bonds is 7. The van der Waals surface area contributed by atoms with Crippen molar-refractivity contribution in [3.8, 4) is 5.69 Å². The smallest absolute Gasteiger partial charge is 0.266 e. The second-order valence-electron chi connectivity index (χ2n) is 9.82. The van der Waals surface area contributed by atoms with Gasteiger partial charge in [0.1, 0.15) is 5.82 Å². The fraction of sp³-hybridized carbons (Fsp3) is 0.444. The van der Waals surface area contributed by atoms with Crippen LogP contribution in [0.1, 0.15) is 71.3 Å². The number of hydrogen-bond acceptors (Lipinski definition) is 3. The highest BCUT2D eigenvalue weighted by Crippen LogP contribution is 2.27. The summed E-state index contributed by atoms with van der Waals surface area (Å²) in [5, 5.41) is 0.574. The molecular formula is C27H35N3O2. The van der Waals surface area contributed by atoms with Gasteiger partial charge in [0.2, 0.25) is 5.91 Å². The molecule has 5 heteroatoms. The Hall–Kier alpha value is -2.95. The van der Waals surface area contributed by atoms with E-state index in [2.05, 4.69) is 27.7 Å². The Labute approximate surface area is 191 Å². The van der Waals surface area contributed by atoms with Crippen LogP contribution >= 0.6 is 0 Å². The molecule has 0 aliphatic carbocycles. The lowest BCUT2D eigenvalue weighted by molar-refractivity contribution is -0.135. The van der Waals surface area contributed by atoms with Crippen LogP contribution in [0.3, 0.4) is 0 Å². The van der Waals surface area contributed by atoms with Crippen LogP contribution in [-0.2, 0) is 4.79 Å². The van der Waals surface area contributed by atoms with Crippen LogP contribution in [0.25, 0.3) is 16.6 Å². The summed E-state index contributed by atoms with van der Waals surface area (Å²) in [6, 6.07) is 14.9. The van der Waals surface area contributed by atoms with Gasteiger partial charge in [0.05, 0.1) is 22.6 Å². The van der Waals surface area contributed by atoms with E-state index in [9.17, 15) is 9.59 Å². The minimum Gasteiger partial charge on any atom is -0.333 e. The van der Waals surface area contributed by atoms with E-state index in [-0.39, 0.29) is 22.9 Å². The monoisotopic (exact) mass is 433 g/mol. The highest BCUT2D eigenvalue weighted by Gasteiger charge is 2.28. The summed E-state index contributed by atoms with van der Waals surface area (Å²) in [6.07, 6.45) is 2.34. The van der Waals surface area contributed by atoms with Crippen LogP contribution in [0.15, 0.2) is 53.3 Å². The average Bonchev–Trinajstić information content (AvgIpc) is 2.73. The van der Waals surface area contributed by atoms with Crippen molar-refractivity contribution in [2.75, 3.05) is 6.54 Å². The van der Waals surface area contributed by atoms with Gasteiger partial charge in [-0.1, -0.05) is 63.9 Å². The first-order valence-corrected chi connectivity index (χ1v) is 11.5. The van der Waals surface area contributed by atoms with Crippen LogP contribution in [0.4, 0.5) is 0 Å². The molecule has 0 saturated heterocycles. The predicted octanol–water partition coefficient (Wildman–Crippen LogP) is 5.82. The fourth-order valence-electron chi connectivity index (χ4n) is 3.93. The molecule has 5 nitrogen and oxygen atoms in total. The van der Waals surface area contributed by atoms with Gasteiger partial charge in [-0.15, -0.1) is 0 Å². The topological polar surface area (TPSA) is 55.2 Å². The molecule has 32 heavy (non-hydrogen) atoms. The Morgan fingerprint density at radius 3 is 2.38 bits per heavy atom. The SMILES string of the molecule is CCCCN(C(=O)CC(C)(C)C)C(C)c1nc2ccccc2c(=O)n1-c1ccc(C)cc1. The summed E-state index contributed by atoms with van der Waals surface area (Å²) < 4.78 is 1.68. The molecule has 1 aromatic heterocycles. The second kappa shape index (κ2) is 9.68. The molecule has 0 radical (unpaired) electrons. The summed E-state index contributed by atoms with van der Waals surface area (Å²) >= 11 is 0. The zero-order chi connectivity index (χ0) is 23.5. The molecule has 1 heterocycles. The molecule has 0 bridgehead atoms. The second-order valence-corrected chi connectivity index (χ2v) is 9.82. The number of unbranched alkanes of at least 4 members (excludes halogenated alkanes) is 1. The quantitative estimate of drug-likeness (QED) is 0.472. The first-order chi connectivity index (χ1) is 15.1. The lowest BCUT2D eigenvalue weighted by Crippen LogP contribution is -2.39. The molecule has 170 valence electrons. The maximum Gasteiger partial charge on any atom is 0.266 e. The van der Waals surface area contributed by atoms with Crippen molar-refractivity contribution in [1.82, 2.24) is 14.5 Å². The number of para-hydroxylation sites is 1. The normalized spacial score (nSPS) is 12.7. The van der Waals surface area contributed by atoms with E-state index in [1.54, 1.807) is 4.57 Å². The van der Waals surface area contributed by atoms with Gasteiger partial charge in [0.25, 0.3) is 5.56 Å². The van der Waals surface area contributed by atoms with E-state index >= 15 is 0 Å². The third-order valence-electron chi connectivity index (χ3n) is 5.69. The molecule has 2 aromatic carbocycles. The Morgan fingerprint density at radius 1 is 1.09 bits per heavy atom. The van der Waals surface area contributed by atoms with E-state index in [0.29, 0.717) is 29.7 Å². The summed E-state index contributed by atoms with van der Waals surface area (Å²) in [6.45, 7) is 13.0. The van der Waals surface area contributed by atoms with Crippen molar-refractivity contribution in [1.29, 1.82) is 0 Å². The van der Waals surface area contributed by atoms with E-state index < -0.39 is 0 Å². The molecular weight excluding hydrogens is 398 g/mol. The van der Waals surface area contributed by atoms with Crippen molar-refractivity contribution in [3.63, 3.8) is 0 Å². The van der Waals surface area contributed by atoms with Crippen molar-refractivity contribution < 1.29 is 4.79 Å². The maximum absolute atomic E-state index is 13.6. The number of benzene rings is 2. The third-order valence-corrected chi connectivity index (χ3v) is 5.69. The number of aromatic nitrogens is 2. The third kappa shape index (κ3) is 5.26. The number of carbonyl (C=O) groups excluding carboxylic acids is 1. The van der Waals surface area contributed by atoms with Crippen molar-refractivity contribution in [2.45, 2.75) is 66.8 Å². The van der Waals surface area contributed by atoms with Crippen molar-refractivity contribution in [3.05, 3.63) is 70.3 Å². The molecule has 0 fully saturated rings. The molecule has 1 atom stereocenters. The van der Waals surface area contributed by atoms with Gasteiger partial charge in [0.15, 0.2) is 0 Å². The molecule has 3 rings (SSSR count). The Kier molecular flexibility index (Phi) is 7.17. The van der Waals surface area contributed by atoms with E-state index in [4.69, 9.17) is 4.98 Å². The number of amides is 1. The predicted molar refractivity (Wildman–Crippen MR) is 131 cm³/mol. The molecule has 3 aromatic rings. The molecule has 0 saturated carbocycles. The number of hydrogen-bond donors (Lipinski definition) is 0. The van der Waals surface area contributed by atoms with Crippen LogP contribution in [0.2, 0.25) is 0 Å². The molecule has 1 unspecified atom stereocenters. The van der Waals surface area contributed by atoms with Gasteiger partial charge in [-0.3, -0.25) is 14.2 Å². The van der Waals surface area contributed by atoms with Gasteiger partial charge in [-0.2, -0.15) is 0 Å². The van der Waals surface area contributed by atoms with Gasteiger partial charge >= 0.3 is 0 Å². The lowest BCUT2D eigenvalue weighted by Gasteiger charge is -2.32. The van der Waals surface area contributed by atoms with Crippen LogP contribution < -0.4 is 5.56 Å². The van der Waals surface area contributed by atoms with Crippen molar-refractivity contribution in [2.24, 2.45) is 5.41 Å². The number of nitrogens with zero attached hydrogens (tertiary/aromatic N) is 3. The van der Waals surface area contributed by atoms with Crippen LogP contribution in [0, 0.1) is 12.3 Å². The minimum atomic E-state index is -0.338. The molecule has 1 amide bonds. The summed E-state index contributed by atoms with van der Waals surface area (Å²) in [5.74, 6) is 0.687. The van der Waals surface area contributed by atoms with E-state index in [1.807, 2.05) is 67.3 Å². The molecule has 0 aliphatic heterocycles. The Balaban J connectivity index is 2.19. The molecule has 0 spiro atoms. The van der Waals surface area contributed by atoms with Crippen LogP contribution in [0.5, 0.6) is 0 Å². The largest absolute Gasteiger partial charge is 0.333 e. The lowest BCUT2D eigenvalue weighted by atomic mass is 9.91. The highest BCUT2D eigenvalue weighted by molar-refractivity contribution is 5.79. The molecule has 0 aliphatic rings. The van der Waals surface area contributed by atoms with E-state index in [0.717, 1.165) is 24.1 Å². The number of aryl methyl sites for hydroxylation is 1. The Morgan fingerprint density at radius 2 is 1.75 bits per heavy atom. The van der Waals surface area contributed by atoms with E-state index in [1.165, 1.54) is 0 Å². The Bertz CT molecular complexity index is 1140. The van der Waals surface area contributed by atoms with Gasteiger partial charge < -0.3 is 4.90 Å². The van der Waals surface area contributed by atoms with Gasteiger partial charge in [-0.05, 0) is 49.9 Å². The number of fused-ring (bicyclic) bond motifs is 1. The number of carbonyl (C=O) groups is 1. The average molecular weight is 434 g/mol. The highest BCUT2D eigenvalue weighted by atomic mass is 16.2. The first kappa shape index (κ1) is 23.7. The minimum absolute atomic E-state index is 0.0938. The summed E-state index contributed by atoms with van der Waals surface area (Å²) in [7, 11) is 0. The first-order valence-electron chi connectivity index (χ1n) is 11.5. The summed E-state index contributed by atoms with van der Waals surface area (Å²) in [4.78, 5) is 33.7. The maximum atomic E-state index is 13.6. The van der Waals surface area contributed by atoms with Gasteiger partial charge in [0, 0.05) is 13.0 Å². The van der Waals surface area contributed by atoms with Crippen LogP contribution in [-0.4, -0.2) is 26.9 Å².